The van der Waals surface area contributed by atoms with E-state index in [0.29, 0.717) is 5.78 Å². The summed E-state index contributed by atoms with van der Waals surface area (Å²) in [7, 11) is 0. The first-order valence-corrected chi connectivity index (χ1v) is 7.51. The molecule has 0 bridgehead atoms. The molecule has 0 saturated heterocycles. The maximum atomic E-state index is 11.5. The number of hydrogen-bond acceptors (Lipinski definition) is 1. The lowest BCUT2D eigenvalue weighted by Crippen LogP contribution is -1.97. The van der Waals surface area contributed by atoms with Gasteiger partial charge in [-0.15, -0.1) is 23.2 Å². The zero-order valence-corrected chi connectivity index (χ0v) is 11.7. The molecule has 0 aromatic rings. The molecule has 16 heavy (non-hydrogen) atoms. The highest BCUT2D eigenvalue weighted by Gasteiger charge is 2.01. The van der Waals surface area contributed by atoms with E-state index in [-0.39, 0.29) is 0 Å². The minimum atomic E-state index is 0.428. The van der Waals surface area contributed by atoms with Crippen molar-refractivity contribution in [3.63, 3.8) is 0 Å². The van der Waals surface area contributed by atoms with E-state index in [0.717, 1.165) is 76.0 Å². The minimum Gasteiger partial charge on any atom is -0.300 e. The predicted molar refractivity (Wildman–Crippen MR) is 72.6 cm³/mol. The summed E-state index contributed by atoms with van der Waals surface area (Å²) >= 11 is 11.2. The fraction of sp³-hybridized carbons (Fsp3) is 0.923. The smallest absolute Gasteiger partial charge is 0.132 e. The lowest BCUT2D eigenvalue weighted by atomic mass is 10.0. The Morgan fingerprint density at radius 2 is 1.00 bits per heavy atom. The highest BCUT2D eigenvalue weighted by atomic mass is 35.5. The monoisotopic (exact) mass is 266 g/mol. The van der Waals surface area contributed by atoms with Crippen LogP contribution in [0.1, 0.15) is 64.2 Å². The summed E-state index contributed by atoms with van der Waals surface area (Å²) in [5.41, 5.74) is 0. The molecule has 0 rings (SSSR count). The lowest BCUT2D eigenvalue weighted by molar-refractivity contribution is -0.119. The molecule has 0 spiro atoms. The first kappa shape index (κ1) is 16.2. The number of carbonyl (C=O) groups excluding carboxylic acids is 1. The molecule has 0 aliphatic rings. The molecule has 0 atom stereocenters. The summed E-state index contributed by atoms with van der Waals surface area (Å²) in [6.45, 7) is 0. The highest BCUT2D eigenvalue weighted by molar-refractivity contribution is 6.18. The summed E-state index contributed by atoms with van der Waals surface area (Å²) < 4.78 is 0. The Morgan fingerprint density at radius 3 is 1.38 bits per heavy atom. The van der Waals surface area contributed by atoms with Gasteiger partial charge in [-0.1, -0.05) is 25.7 Å². The Bertz CT molecular complexity index is 144. The molecule has 1 nitrogen and oxygen atoms in total. The minimum absolute atomic E-state index is 0.428. The molecule has 0 aliphatic carbocycles. The normalized spacial score (nSPS) is 10.6. The molecule has 0 amide bonds. The van der Waals surface area contributed by atoms with E-state index in [4.69, 9.17) is 23.2 Å². The average Bonchev–Trinajstić information content (AvgIpc) is 2.28. The molecular formula is C13H24Cl2O. The fourth-order valence-electron chi connectivity index (χ4n) is 1.67. The van der Waals surface area contributed by atoms with Crippen LogP contribution in [0.15, 0.2) is 0 Å². The van der Waals surface area contributed by atoms with Crippen LogP contribution in [0.5, 0.6) is 0 Å². The van der Waals surface area contributed by atoms with Gasteiger partial charge >= 0.3 is 0 Å². The van der Waals surface area contributed by atoms with E-state index in [1.807, 2.05) is 0 Å². The molecule has 3 heteroatoms. The van der Waals surface area contributed by atoms with Crippen LogP contribution in [-0.2, 0) is 4.79 Å². The predicted octanol–water partition coefficient (Wildman–Crippen LogP) is 4.93. The number of rotatable bonds is 12. The largest absolute Gasteiger partial charge is 0.300 e. The molecule has 0 aliphatic heterocycles. The van der Waals surface area contributed by atoms with Gasteiger partial charge in [0, 0.05) is 24.6 Å². The van der Waals surface area contributed by atoms with Crippen molar-refractivity contribution in [1.29, 1.82) is 0 Å². The van der Waals surface area contributed by atoms with Crippen molar-refractivity contribution < 1.29 is 4.79 Å². The van der Waals surface area contributed by atoms with Crippen LogP contribution in [0, 0.1) is 0 Å². The van der Waals surface area contributed by atoms with Gasteiger partial charge in [0.05, 0.1) is 0 Å². The van der Waals surface area contributed by atoms with Gasteiger partial charge in [0.15, 0.2) is 0 Å². The third kappa shape index (κ3) is 12.3. The first-order valence-electron chi connectivity index (χ1n) is 6.45. The van der Waals surface area contributed by atoms with Crippen LogP contribution >= 0.6 is 23.2 Å². The zero-order chi connectivity index (χ0) is 12.1. The number of Topliss-reactive ketones (excluding diaryl/α,β-unsaturated/α-hetero) is 1. The second kappa shape index (κ2) is 13.3. The second-order valence-electron chi connectivity index (χ2n) is 4.25. The second-order valence-corrected chi connectivity index (χ2v) is 5.00. The maximum absolute atomic E-state index is 11.5. The summed E-state index contributed by atoms with van der Waals surface area (Å²) in [5.74, 6) is 1.92. The van der Waals surface area contributed by atoms with Crippen LogP contribution in [0.2, 0.25) is 0 Å². The van der Waals surface area contributed by atoms with E-state index in [9.17, 15) is 4.79 Å². The SMILES string of the molecule is O=C(CCCCCCCl)CCCCCCCl. The quantitative estimate of drug-likeness (QED) is 0.362. The average molecular weight is 267 g/mol. The van der Waals surface area contributed by atoms with Gasteiger partial charge in [0.25, 0.3) is 0 Å². The van der Waals surface area contributed by atoms with Crippen molar-refractivity contribution >= 4 is 29.0 Å². The molecule has 0 N–H and O–H groups in total. The molecular weight excluding hydrogens is 243 g/mol. The Hall–Kier alpha value is 0.250. The van der Waals surface area contributed by atoms with Gasteiger partial charge in [0.2, 0.25) is 0 Å². The van der Waals surface area contributed by atoms with Gasteiger partial charge in [0.1, 0.15) is 5.78 Å². The van der Waals surface area contributed by atoms with E-state index >= 15 is 0 Å². The molecule has 0 saturated carbocycles. The summed E-state index contributed by atoms with van der Waals surface area (Å²) in [6.07, 6.45) is 10.4. The molecule has 0 radical (unpaired) electrons. The number of halogens is 2. The van der Waals surface area contributed by atoms with E-state index in [2.05, 4.69) is 0 Å². The van der Waals surface area contributed by atoms with Crippen LogP contribution in [-0.4, -0.2) is 17.5 Å². The summed E-state index contributed by atoms with van der Waals surface area (Å²) in [4.78, 5) is 11.5. The van der Waals surface area contributed by atoms with Crippen molar-refractivity contribution in [2.45, 2.75) is 64.2 Å². The molecule has 0 fully saturated rings. The Morgan fingerprint density at radius 1 is 0.625 bits per heavy atom. The fourth-order valence-corrected chi connectivity index (χ4v) is 2.04. The van der Waals surface area contributed by atoms with Crippen molar-refractivity contribution in [3.8, 4) is 0 Å². The number of hydrogen-bond donors (Lipinski definition) is 0. The maximum Gasteiger partial charge on any atom is 0.132 e. The van der Waals surface area contributed by atoms with E-state index < -0.39 is 0 Å². The number of unbranched alkanes of at least 4 members (excludes halogenated alkanes) is 6. The van der Waals surface area contributed by atoms with Gasteiger partial charge in [-0.05, 0) is 25.7 Å². The number of alkyl halides is 2. The first-order chi connectivity index (χ1) is 7.81. The van der Waals surface area contributed by atoms with Crippen LogP contribution in [0.25, 0.3) is 0 Å². The van der Waals surface area contributed by atoms with Crippen LogP contribution < -0.4 is 0 Å². The molecule has 0 unspecified atom stereocenters. The van der Waals surface area contributed by atoms with Crippen LogP contribution in [0.4, 0.5) is 0 Å². The summed E-state index contributed by atoms with van der Waals surface area (Å²) in [5, 5.41) is 0. The third-order valence-electron chi connectivity index (χ3n) is 2.68. The highest BCUT2D eigenvalue weighted by Crippen LogP contribution is 2.09. The van der Waals surface area contributed by atoms with E-state index in [1.54, 1.807) is 0 Å². The molecule has 96 valence electrons. The molecule has 0 aromatic carbocycles. The lowest BCUT2D eigenvalue weighted by Gasteiger charge is -2.01. The summed E-state index contributed by atoms with van der Waals surface area (Å²) in [6, 6.07) is 0. The standard InChI is InChI=1S/C13H24Cl2O/c14-11-7-3-1-5-9-13(16)10-6-2-4-8-12-15/h1-12H2. The van der Waals surface area contributed by atoms with Gasteiger partial charge in [-0.3, -0.25) is 4.79 Å². The van der Waals surface area contributed by atoms with Gasteiger partial charge < -0.3 is 0 Å². The topological polar surface area (TPSA) is 17.1 Å². The van der Waals surface area contributed by atoms with Crippen molar-refractivity contribution in [1.82, 2.24) is 0 Å². The Kier molecular flexibility index (Phi) is 13.5. The molecule has 0 aromatic heterocycles. The van der Waals surface area contributed by atoms with E-state index in [1.165, 1.54) is 0 Å². The van der Waals surface area contributed by atoms with Crippen molar-refractivity contribution in [2.24, 2.45) is 0 Å². The Balaban J connectivity index is 3.12. The van der Waals surface area contributed by atoms with Crippen molar-refractivity contribution in [2.75, 3.05) is 11.8 Å². The Labute approximate surface area is 110 Å². The zero-order valence-electron chi connectivity index (χ0n) is 10.1. The van der Waals surface area contributed by atoms with Crippen molar-refractivity contribution in [3.05, 3.63) is 0 Å². The van der Waals surface area contributed by atoms with Gasteiger partial charge in [-0.25, -0.2) is 0 Å². The number of ketones is 1. The van der Waals surface area contributed by atoms with Crippen LogP contribution in [0.3, 0.4) is 0 Å². The van der Waals surface area contributed by atoms with Gasteiger partial charge in [-0.2, -0.15) is 0 Å². The number of carbonyl (C=O) groups is 1. The molecule has 0 heterocycles. The third-order valence-corrected chi connectivity index (χ3v) is 3.21.